The van der Waals surface area contributed by atoms with Crippen LogP contribution in [0.4, 0.5) is 5.69 Å². The highest BCUT2D eigenvalue weighted by atomic mass is 16.5. The summed E-state index contributed by atoms with van der Waals surface area (Å²) in [7, 11) is 3.48. The van der Waals surface area contributed by atoms with Gasteiger partial charge >= 0.3 is 0 Å². The number of fused-ring (bicyclic) bond motifs is 1. The topological polar surface area (TPSA) is 85.2 Å². The molecule has 1 heterocycles. The Morgan fingerprint density at radius 3 is 2.39 bits per heavy atom. The van der Waals surface area contributed by atoms with Crippen molar-refractivity contribution >= 4 is 28.5 Å². The molecule has 31 heavy (non-hydrogen) atoms. The molecular weight excluding hydrogens is 392 g/mol. The minimum atomic E-state index is -0.307. The highest BCUT2D eigenvalue weighted by molar-refractivity contribution is 6.09. The number of anilines is 1. The average Bonchev–Trinajstić information content (AvgIpc) is 3.13. The van der Waals surface area contributed by atoms with Gasteiger partial charge < -0.3 is 19.9 Å². The number of carbonyl (C=O) groups is 2. The second-order valence-corrected chi connectivity index (χ2v) is 6.99. The Bertz CT molecular complexity index is 1250. The Labute approximate surface area is 179 Å². The van der Waals surface area contributed by atoms with Crippen LogP contribution < -0.4 is 15.4 Å². The Kier molecular flexibility index (Phi) is 5.66. The maximum Gasteiger partial charge on any atom is 0.255 e. The fourth-order valence-electron chi connectivity index (χ4n) is 3.34. The van der Waals surface area contributed by atoms with E-state index in [-0.39, 0.29) is 18.4 Å². The van der Waals surface area contributed by atoms with Crippen molar-refractivity contribution in [1.82, 2.24) is 14.9 Å². The summed E-state index contributed by atoms with van der Waals surface area (Å²) < 4.78 is 7.07. The third-order valence-electron chi connectivity index (χ3n) is 5.06. The summed E-state index contributed by atoms with van der Waals surface area (Å²) in [6.07, 6.45) is 0. The predicted octanol–water partition coefficient (Wildman–Crippen LogP) is 3.76. The SMILES string of the molecule is COc1ccc(C(=O)Nc2ccccc2C(=O)NCc2nc3ccccc3n2C)cc1. The number of ether oxygens (including phenoxy) is 1. The van der Waals surface area contributed by atoms with Crippen LogP contribution in [0, 0.1) is 0 Å². The van der Waals surface area contributed by atoms with E-state index in [4.69, 9.17) is 4.74 Å². The first-order valence-electron chi connectivity index (χ1n) is 9.80. The lowest BCUT2D eigenvalue weighted by molar-refractivity contribution is 0.0950. The van der Waals surface area contributed by atoms with Crippen LogP contribution in [0.2, 0.25) is 0 Å². The van der Waals surface area contributed by atoms with Gasteiger partial charge in [-0.15, -0.1) is 0 Å². The Hall–Kier alpha value is -4.13. The molecule has 0 atom stereocenters. The van der Waals surface area contributed by atoms with Gasteiger partial charge in [-0.1, -0.05) is 24.3 Å². The number of amides is 2. The molecule has 0 aliphatic rings. The molecule has 0 aliphatic heterocycles. The molecular formula is C24H22N4O3. The zero-order chi connectivity index (χ0) is 21.8. The summed E-state index contributed by atoms with van der Waals surface area (Å²) in [5.41, 5.74) is 3.16. The van der Waals surface area contributed by atoms with Crippen molar-refractivity contribution in [2.45, 2.75) is 6.54 Å². The summed E-state index contributed by atoms with van der Waals surface area (Å²) in [4.78, 5) is 30.0. The molecule has 156 valence electrons. The third kappa shape index (κ3) is 4.25. The lowest BCUT2D eigenvalue weighted by atomic mass is 10.1. The van der Waals surface area contributed by atoms with Gasteiger partial charge in [0.15, 0.2) is 0 Å². The molecule has 1 aromatic heterocycles. The molecule has 7 heteroatoms. The standard InChI is InChI=1S/C24H22N4O3/c1-28-21-10-6-5-9-20(21)26-22(28)15-25-24(30)18-7-3-4-8-19(18)27-23(29)16-11-13-17(31-2)14-12-16/h3-14H,15H2,1-2H3,(H,25,30)(H,27,29). The molecule has 3 aromatic carbocycles. The van der Waals surface area contributed by atoms with Gasteiger partial charge in [0.05, 0.1) is 35.9 Å². The van der Waals surface area contributed by atoms with E-state index >= 15 is 0 Å². The van der Waals surface area contributed by atoms with Crippen molar-refractivity contribution in [3.63, 3.8) is 0 Å². The van der Waals surface area contributed by atoms with Gasteiger partial charge in [0, 0.05) is 12.6 Å². The monoisotopic (exact) mass is 414 g/mol. The number of hydrogen-bond donors (Lipinski definition) is 2. The van der Waals surface area contributed by atoms with Gasteiger partial charge in [-0.05, 0) is 48.5 Å². The van der Waals surface area contributed by atoms with Crippen molar-refractivity contribution in [2.24, 2.45) is 7.05 Å². The van der Waals surface area contributed by atoms with Crippen LogP contribution in [0.25, 0.3) is 11.0 Å². The summed E-state index contributed by atoms with van der Waals surface area (Å²) in [6.45, 7) is 0.269. The molecule has 4 rings (SSSR count). The molecule has 0 aliphatic carbocycles. The molecule has 2 N–H and O–H groups in total. The van der Waals surface area contributed by atoms with Gasteiger partial charge in [0.1, 0.15) is 11.6 Å². The molecule has 4 aromatic rings. The van der Waals surface area contributed by atoms with E-state index in [0.717, 1.165) is 16.9 Å². The molecule has 0 radical (unpaired) electrons. The minimum Gasteiger partial charge on any atom is -0.497 e. The number of hydrogen-bond acceptors (Lipinski definition) is 4. The Morgan fingerprint density at radius 2 is 1.65 bits per heavy atom. The summed E-state index contributed by atoms with van der Waals surface area (Å²) in [5.74, 6) is 0.809. The molecule has 0 unspecified atom stereocenters. The normalized spacial score (nSPS) is 10.6. The van der Waals surface area contributed by atoms with Crippen molar-refractivity contribution < 1.29 is 14.3 Å². The number of aromatic nitrogens is 2. The second-order valence-electron chi connectivity index (χ2n) is 6.99. The van der Waals surface area contributed by atoms with Crippen LogP contribution in [0.15, 0.2) is 72.8 Å². The zero-order valence-electron chi connectivity index (χ0n) is 17.3. The first-order valence-corrected chi connectivity index (χ1v) is 9.80. The maximum absolute atomic E-state index is 12.9. The van der Waals surface area contributed by atoms with E-state index in [2.05, 4.69) is 15.6 Å². The first kappa shape index (κ1) is 20.2. The van der Waals surface area contributed by atoms with Crippen molar-refractivity contribution in [1.29, 1.82) is 0 Å². The van der Waals surface area contributed by atoms with E-state index in [0.29, 0.717) is 22.6 Å². The molecule has 0 spiro atoms. The molecule has 2 amide bonds. The summed E-state index contributed by atoms with van der Waals surface area (Å²) in [5, 5.41) is 5.71. The second kappa shape index (κ2) is 8.71. The number of nitrogens with zero attached hydrogens (tertiary/aromatic N) is 2. The number of imidazole rings is 1. The fraction of sp³-hybridized carbons (Fsp3) is 0.125. The number of methoxy groups -OCH3 is 1. The van der Waals surface area contributed by atoms with Crippen LogP contribution in [0.1, 0.15) is 26.5 Å². The summed E-state index contributed by atoms with van der Waals surface area (Å²) >= 11 is 0. The lowest BCUT2D eigenvalue weighted by Crippen LogP contribution is -2.26. The number of benzene rings is 3. The van der Waals surface area contributed by atoms with E-state index in [9.17, 15) is 9.59 Å². The number of rotatable bonds is 6. The predicted molar refractivity (Wildman–Crippen MR) is 119 cm³/mol. The molecule has 0 bridgehead atoms. The number of aryl methyl sites for hydroxylation is 1. The number of carbonyl (C=O) groups excluding carboxylic acids is 2. The molecule has 0 fully saturated rings. The van der Waals surface area contributed by atoms with Gasteiger partial charge in [-0.3, -0.25) is 9.59 Å². The smallest absolute Gasteiger partial charge is 0.255 e. The van der Waals surface area contributed by atoms with Crippen LogP contribution >= 0.6 is 0 Å². The van der Waals surface area contributed by atoms with E-state index in [1.807, 2.05) is 35.9 Å². The van der Waals surface area contributed by atoms with Gasteiger partial charge in [-0.25, -0.2) is 4.98 Å². The molecule has 7 nitrogen and oxygen atoms in total. The largest absolute Gasteiger partial charge is 0.497 e. The highest BCUT2D eigenvalue weighted by Gasteiger charge is 2.15. The van der Waals surface area contributed by atoms with Crippen molar-refractivity contribution in [3.8, 4) is 5.75 Å². The average molecular weight is 414 g/mol. The van der Waals surface area contributed by atoms with E-state index < -0.39 is 0 Å². The minimum absolute atomic E-state index is 0.269. The third-order valence-corrected chi connectivity index (χ3v) is 5.06. The van der Waals surface area contributed by atoms with Gasteiger partial charge in [0.2, 0.25) is 0 Å². The molecule has 0 saturated heterocycles. The Balaban J connectivity index is 1.48. The van der Waals surface area contributed by atoms with Crippen LogP contribution in [0.5, 0.6) is 5.75 Å². The van der Waals surface area contributed by atoms with E-state index in [1.165, 1.54) is 0 Å². The van der Waals surface area contributed by atoms with Gasteiger partial charge in [-0.2, -0.15) is 0 Å². The lowest BCUT2D eigenvalue weighted by Gasteiger charge is -2.12. The fourth-order valence-corrected chi connectivity index (χ4v) is 3.34. The van der Waals surface area contributed by atoms with Gasteiger partial charge in [0.25, 0.3) is 11.8 Å². The van der Waals surface area contributed by atoms with Crippen LogP contribution in [-0.2, 0) is 13.6 Å². The molecule has 0 saturated carbocycles. The summed E-state index contributed by atoms with van der Waals surface area (Å²) in [6, 6.07) is 21.5. The zero-order valence-corrected chi connectivity index (χ0v) is 17.3. The van der Waals surface area contributed by atoms with Crippen molar-refractivity contribution in [2.75, 3.05) is 12.4 Å². The van der Waals surface area contributed by atoms with Crippen molar-refractivity contribution in [3.05, 3.63) is 89.7 Å². The van der Waals surface area contributed by atoms with Crippen LogP contribution in [-0.4, -0.2) is 28.5 Å². The number of nitrogens with one attached hydrogen (secondary N) is 2. The first-order chi connectivity index (χ1) is 15.1. The van der Waals surface area contributed by atoms with Crippen LogP contribution in [0.3, 0.4) is 0 Å². The highest BCUT2D eigenvalue weighted by Crippen LogP contribution is 2.19. The quantitative estimate of drug-likeness (QED) is 0.503. The maximum atomic E-state index is 12.9. The Morgan fingerprint density at radius 1 is 0.935 bits per heavy atom. The van der Waals surface area contributed by atoms with E-state index in [1.54, 1.807) is 55.6 Å². The number of para-hydroxylation sites is 3.